The van der Waals surface area contributed by atoms with Crippen LogP contribution < -0.4 is 4.74 Å². The number of para-hydroxylation sites is 2. The van der Waals surface area contributed by atoms with E-state index in [4.69, 9.17) is 9.72 Å². The topological polar surface area (TPSA) is 27.1 Å². The molecule has 4 heteroatoms. The average Bonchev–Trinajstić information content (AvgIpc) is 3.04. The standard InChI is InChI=1S/C22H22N2OS/c1-2-16-26-22-23-19-11-5-6-12-20(19)24(22)14-15-25-21-13-7-9-17-8-3-4-10-18(17)21/h3-13H,2,14-16H2,1H3. The van der Waals surface area contributed by atoms with E-state index in [1.165, 1.54) is 10.9 Å². The summed E-state index contributed by atoms with van der Waals surface area (Å²) in [6.07, 6.45) is 1.14. The van der Waals surface area contributed by atoms with Gasteiger partial charge < -0.3 is 9.30 Å². The van der Waals surface area contributed by atoms with Crippen molar-refractivity contribution in [2.75, 3.05) is 12.4 Å². The number of nitrogens with zero attached hydrogens (tertiary/aromatic N) is 2. The molecular formula is C22H22N2OS. The summed E-state index contributed by atoms with van der Waals surface area (Å²) >= 11 is 1.82. The van der Waals surface area contributed by atoms with E-state index in [0.29, 0.717) is 6.61 Å². The number of rotatable bonds is 7. The number of hydrogen-bond donors (Lipinski definition) is 0. The SMILES string of the molecule is CCCSc1nc2ccccc2n1CCOc1cccc2ccccc12. The molecule has 0 saturated heterocycles. The fourth-order valence-electron chi connectivity index (χ4n) is 3.14. The van der Waals surface area contributed by atoms with Crippen molar-refractivity contribution in [3.8, 4) is 5.75 Å². The summed E-state index contributed by atoms with van der Waals surface area (Å²) in [6, 6.07) is 22.9. The fourth-order valence-corrected chi connectivity index (χ4v) is 4.04. The molecule has 0 spiro atoms. The van der Waals surface area contributed by atoms with E-state index in [0.717, 1.165) is 40.5 Å². The quantitative estimate of drug-likeness (QED) is 0.391. The average molecular weight is 362 g/mol. The van der Waals surface area contributed by atoms with E-state index in [1.807, 2.05) is 30.0 Å². The van der Waals surface area contributed by atoms with Gasteiger partial charge in [0.15, 0.2) is 5.16 Å². The van der Waals surface area contributed by atoms with Crippen LogP contribution in [0.2, 0.25) is 0 Å². The Morgan fingerprint density at radius 1 is 0.962 bits per heavy atom. The third-order valence-corrected chi connectivity index (χ3v) is 5.56. The molecule has 26 heavy (non-hydrogen) atoms. The van der Waals surface area contributed by atoms with Gasteiger partial charge in [0.25, 0.3) is 0 Å². The van der Waals surface area contributed by atoms with Crippen LogP contribution >= 0.6 is 11.8 Å². The molecule has 0 fully saturated rings. The molecule has 0 aliphatic rings. The lowest BCUT2D eigenvalue weighted by Gasteiger charge is -2.12. The Labute approximate surface area is 158 Å². The molecule has 3 aromatic carbocycles. The molecule has 4 rings (SSSR count). The van der Waals surface area contributed by atoms with Gasteiger partial charge >= 0.3 is 0 Å². The second-order valence-corrected chi connectivity index (χ2v) is 7.27. The third kappa shape index (κ3) is 3.42. The first-order chi connectivity index (χ1) is 12.9. The molecule has 4 aromatic rings. The van der Waals surface area contributed by atoms with Gasteiger partial charge in [-0.2, -0.15) is 0 Å². The number of aromatic nitrogens is 2. The molecular weight excluding hydrogens is 340 g/mol. The van der Waals surface area contributed by atoms with E-state index in [9.17, 15) is 0 Å². The Kier molecular flexibility index (Phi) is 5.12. The first kappa shape index (κ1) is 17.0. The highest BCUT2D eigenvalue weighted by molar-refractivity contribution is 7.99. The predicted molar refractivity (Wildman–Crippen MR) is 110 cm³/mol. The third-order valence-electron chi connectivity index (χ3n) is 4.38. The lowest BCUT2D eigenvalue weighted by atomic mass is 10.1. The Balaban J connectivity index is 1.55. The van der Waals surface area contributed by atoms with Crippen molar-refractivity contribution in [2.24, 2.45) is 0 Å². The van der Waals surface area contributed by atoms with Gasteiger partial charge in [-0.3, -0.25) is 0 Å². The van der Waals surface area contributed by atoms with Crippen LogP contribution in [0, 0.1) is 0 Å². The first-order valence-corrected chi connectivity index (χ1v) is 10.0. The second-order valence-electron chi connectivity index (χ2n) is 6.21. The molecule has 0 N–H and O–H groups in total. The summed E-state index contributed by atoms with van der Waals surface area (Å²) in [4.78, 5) is 4.80. The van der Waals surface area contributed by atoms with Crippen molar-refractivity contribution in [1.82, 2.24) is 9.55 Å². The van der Waals surface area contributed by atoms with E-state index < -0.39 is 0 Å². The minimum atomic E-state index is 0.619. The van der Waals surface area contributed by atoms with Crippen molar-refractivity contribution in [3.05, 3.63) is 66.7 Å². The van der Waals surface area contributed by atoms with E-state index in [2.05, 4.69) is 60.0 Å². The molecule has 0 atom stereocenters. The van der Waals surface area contributed by atoms with Crippen LogP contribution in [0.25, 0.3) is 21.8 Å². The van der Waals surface area contributed by atoms with Crippen molar-refractivity contribution >= 4 is 33.6 Å². The highest BCUT2D eigenvalue weighted by Gasteiger charge is 2.11. The Morgan fingerprint density at radius 3 is 2.69 bits per heavy atom. The van der Waals surface area contributed by atoms with Gasteiger partial charge in [0.2, 0.25) is 0 Å². The number of ether oxygens (including phenoxy) is 1. The van der Waals surface area contributed by atoms with Gasteiger partial charge in [0, 0.05) is 11.1 Å². The molecule has 0 amide bonds. The molecule has 0 bridgehead atoms. The Bertz CT molecular complexity index is 1020. The maximum absolute atomic E-state index is 6.14. The van der Waals surface area contributed by atoms with E-state index >= 15 is 0 Å². The Hall–Kier alpha value is -2.46. The molecule has 0 radical (unpaired) electrons. The zero-order valence-corrected chi connectivity index (χ0v) is 15.7. The zero-order chi connectivity index (χ0) is 17.8. The van der Waals surface area contributed by atoms with Crippen molar-refractivity contribution in [1.29, 1.82) is 0 Å². The molecule has 0 saturated carbocycles. The zero-order valence-electron chi connectivity index (χ0n) is 14.9. The van der Waals surface area contributed by atoms with Gasteiger partial charge in [-0.05, 0) is 30.0 Å². The highest BCUT2D eigenvalue weighted by atomic mass is 32.2. The van der Waals surface area contributed by atoms with Crippen LogP contribution in [0.1, 0.15) is 13.3 Å². The number of fused-ring (bicyclic) bond motifs is 2. The number of imidazole rings is 1. The first-order valence-electron chi connectivity index (χ1n) is 9.05. The fraction of sp³-hybridized carbons (Fsp3) is 0.227. The number of benzene rings is 3. The van der Waals surface area contributed by atoms with Crippen molar-refractivity contribution in [2.45, 2.75) is 25.0 Å². The predicted octanol–water partition coefficient (Wildman–Crippen LogP) is 5.77. The largest absolute Gasteiger partial charge is 0.491 e. The summed E-state index contributed by atoms with van der Waals surface area (Å²) in [5, 5.41) is 3.44. The normalized spacial score (nSPS) is 11.3. The molecule has 1 aromatic heterocycles. The van der Waals surface area contributed by atoms with E-state index in [-0.39, 0.29) is 0 Å². The smallest absolute Gasteiger partial charge is 0.169 e. The summed E-state index contributed by atoms with van der Waals surface area (Å²) in [7, 11) is 0. The number of hydrogen-bond acceptors (Lipinski definition) is 3. The lowest BCUT2D eigenvalue weighted by molar-refractivity contribution is 0.299. The Morgan fingerprint density at radius 2 is 1.77 bits per heavy atom. The summed E-state index contributed by atoms with van der Waals surface area (Å²) in [5.74, 6) is 2.02. The van der Waals surface area contributed by atoms with Crippen LogP contribution in [-0.2, 0) is 6.54 Å². The summed E-state index contributed by atoms with van der Waals surface area (Å²) < 4.78 is 8.42. The number of thioether (sulfide) groups is 1. The molecule has 1 heterocycles. The van der Waals surface area contributed by atoms with Gasteiger partial charge in [-0.15, -0.1) is 0 Å². The van der Waals surface area contributed by atoms with Crippen LogP contribution in [0.5, 0.6) is 5.75 Å². The molecule has 0 aliphatic heterocycles. The lowest BCUT2D eigenvalue weighted by Crippen LogP contribution is -2.09. The van der Waals surface area contributed by atoms with Crippen LogP contribution in [0.15, 0.2) is 71.9 Å². The molecule has 0 aliphatic carbocycles. The highest BCUT2D eigenvalue weighted by Crippen LogP contribution is 2.27. The summed E-state index contributed by atoms with van der Waals surface area (Å²) in [5.41, 5.74) is 2.23. The summed E-state index contributed by atoms with van der Waals surface area (Å²) in [6.45, 7) is 3.60. The van der Waals surface area contributed by atoms with Gasteiger partial charge in [-0.1, -0.05) is 67.2 Å². The van der Waals surface area contributed by atoms with Crippen LogP contribution in [0.4, 0.5) is 0 Å². The van der Waals surface area contributed by atoms with E-state index in [1.54, 1.807) is 0 Å². The van der Waals surface area contributed by atoms with Gasteiger partial charge in [0.05, 0.1) is 17.6 Å². The maximum Gasteiger partial charge on any atom is 0.169 e. The molecule has 132 valence electrons. The minimum Gasteiger partial charge on any atom is -0.491 e. The molecule has 3 nitrogen and oxygen atoms in total. The van der Waals surface area contributed by atoms with Crippen LogP contribution in [-0.4, -0.2) is 21.9 Å². The van der Waals surface area contributed by atoms with Gasteiger partial charge in [-0.25, -0.2) is 4.98 Å². The van der Waals surface area contributed by atoms with Crippen molar-refractivity contribution < 1.29 is 4.74 Å². The van der Waals surface area contributed by atoms with Crippen LogP contribution in [0.3, 0.4) is 0 Å². The van der Waals surface area contributed by atoms with Crippen molar-refractivity contribution in [3.63, 3.8) is 0 Å². The monoisotopic (exact) mass is 362 g/mol. The minimum absolute atomic E-state index is 0.619. The maximum atomic E-state index is 6.14. The molecule has 0 unspecified atom stereocenters. The van der Waals surface area contributed by atoms with Gasteiger partial charge in [0.1, 0.15) is 12.4 Å². The second kappa shape index (κ2) is 7.83.